The van der Waals surface area contributed by atoms with E-state index < -0.39 is 11.6 Å². The van der Waals surface area contributed by atoms with Crippen molar-refractivity contribution < 1.29 is 22.6 Å². The normalized spacial score (nSPS) is 17.9. The zero-order valence-corrected chi connectivity index (χ0v) is 19.3. The maximum absolute atomic E-state index is 14.7. The van der Waals surface area contributed by atoms with Gasteiger partial charge in [0.2, 0.25) is 5.82 Å². The van der Waals surface area contributed by atoms with E-state index in [1.54, 1.807) is 36.4 Å². The van der Waals surface area contributed by atoms with Gasteiger partial charge in [-0.2, -0.15) is 4.39 Å². The molecular formula is C29H29F3O2. The molecule has 2 nitrogen and oxygen atoms in total. The Bertz CT molecular complexity index is 1130. The highest BCUT2D eigenvalue weighted by Gasteiger charge is 2.24. The average Bonchev–Trinajstić information content (AvgIpc) is 2.87. The van der Waals surface area contributed by atoms with Gasteiger partial charge in [-0.1, -0.05) is 43.0 Å². The lowest BCUT2D eigenvalue weighted by atomic mass is 9.79. The van der Waals surface area contributed by atoms with Crippen LogP contribution in [0.15, 0.2) is 61.2 Å². The Morgan fingerprint density at radius 2 is 1.56 bits per heavy atom. The SMILES string of the molecule is C=Cc1ccc(-c2ccc(OCC3CCC(c4ccc(OCC)c(F)c4)CC3)c(F)c2F)cc1. The van der Waals surface area contributed by atoms with Crippen molar-refractivity contribution in [2.75, 3.05) is 13.2 Å². The molecule has 0 heterocycles. The van der Waals surface area contributed by atoms with Crippen LogP contribution in [0.4, 0.5) is 13.2 Å². The van der Waals surface area contributed by atoms with Gasteiger partial charge in [-0.25, -0.2) is 8.78 Å². The third-order valence-electron chi connectivity index (χ3n) is 6.55. The smallest absolute Gasteiger partial charge is 0.201 e. The Morgan fingerprint density at radius 1 is 0.853 bits per heavy atom. The summed E-state index contributed by atoms with van der Waals surface area (Å²) in [5.74, 6) is -1.47. The van der Waals surface area contributed by atoms with Gasteiger partial charge in [-0.15, -0.1) is 0 Å². The van der Waals surface area contributed by atoms with Crippen molar-refractivity contribution in [2.45, 2.75) is 38.5 Å². The summed E-state index contributed by atoms with van der Waals surface area (Å²) in [6, 6.07) is 15.3. The topological polar surface area (TPSA) is 18.5 Å². The lowest BCUT2D eigenvalue weighted by molar-refractivity contribution is 0.192. The van der Waals surface area contributed by atoms with Crippen LogP contribution < -0.4 is 9.47 Å². The van der Waals surface area contributed by atoms with Gasteiger partial charge in [-0.05, 0) is 85.4 Å². The van der Waals surface area contributed by atoms with Gasteiger partial charge in [0, 0.05) is 5.56 Å². The van der Waals surface area contributed by atoms with E-state index in [1.807, 2.05) is 25.1 Å². The van der Waals surface area contributed by atoms with Gasteiger partial charge in [0.25, 0.3) is 0 Å². The zero-order valence-electron chi connectivity index (χ0n) is 19.3. The second kappa shape index (κ2) is 10.8. The van der Waals surface area contributed by atoms with Crippen LogP contribution in [0.3, 0.4) is 0 Å². The van der Waals surface area contributed by atoms with Crippen molar-refractivity contribution in [3.63, 3.8) is 0 Å². The predicted molar refractivity (Wildman–Crippen MR) is 130 cm³/mol. The van der Waals surface area contributed by atoms with E-state index >= 15 is 0 Å². The molecular weight excluding hydrogens is 437 g/mol. The zero-order chi connectivity index (χ0) is 24.1. The van der Waals surface area contributed by atoms with Crippen LogP contribution in [0.1, 0.15) is 49.7 Å². The summed E-state index contributed by atoms with van der Waals surface area (Å²) in [5.41, 5.74) is 2.68. The van der Waals surface area contributed by atoms with Crippen molar-refractivity contribution in [1.29, 1.82) is 0 Å². The molecule has 34 heavy (non-hydrogen) atoms. The van der Waals surface area contributed by atoms with Gasteiger partial charge in [0.05, 0.1) is 13.2 Å². The number of ether oxygens (including phenoxy) is 2. The van der Waals surface area contributed by atoms with Crippen LogP contribution in [0.25, 0.3) is 17.2 Å². The molecule has 0 unspecified atom stereocenters. The monoisotopic (exact) mass is 466 g/mol. The molecule has 0 aromatic heterocycles. The molecule has 1 aliphatic carbocycles. The average molecular weight is 467 g/mol. The highest BCUT2D eigenvalue weighted by Crippen LogP contribution is 2.38. The number of rotatable bonds is 8. The molecule has 0 radical (unpaired) electrons. The molecule has 0 saturated heterocycles. The van der Waals surface area contributed by atoms with Gasteiger partial charge in [0.15, 0.2) is 23.1 Å². The summed E-state index contributed by atoms with van der Waals surface area (Å²) in [6.07, 6.45) is 5.27. The number of benzene rings is 3. The first-order chi connectivity index (χ1) is 16.5. The van der Waals surface area contributed by atoms with Gasteiger partial charge >= 0.3 is 0 Å². The van der Waals surface area contributed by atoms with E-state index in [4.69, 9.17) is 9.47 Å². The van der Waals surface area contributed by atoms with Crippen molar-refractivity contribution >= 4 is 6.08 Å². The Labute approximate surface area is 199 Å². The molecule has 1 aliphatic rings. The van der Waals surface area contributed by atoms with Gasteiger partial charge < -0.3 is 9.47 Å². The summed E-state index contributed by atoms with van der Waals surface area (Å²) in [6.45, 7) is 6.28. The number of halogens is 3. The molecule has 0 N–H and O–H groups in total. The molecule has 0 bridgehead atoms. The molecule has 0 atom stereocenters. The fourth-order valence-electron chi connectivity index (χ4n) is 4.58. The predicted octanol–water partition coefficient (Wildman–Crippen LogP) is 8.17. The van der Waals surface area contributed by atoms with Crippen LogP contribution >= 0.6 is 0 Å². The second-order valence-corrected chi connectivity index (χ2v) is 8.72. The van der Waals surface area contributed by atoms with Gasteiger partial charge in [-0.3, -0.25) is 0 Å². The molecule has 178 valence electrons. The maximum atomic E-state index is 14.7. The third kappa shape index (κ3) is 5.30. The maximum Gasteiger partial charge on any atom is 0.201 e. The van der Waals surface area contributed by atoms with Crippen LogP contribution in [-0.4, -0.2) is 13.2 Å². The first-order valence-corrected chi connectivity index (χ1v) is 11.8. The summed E-state index contributed by atoms with van der Waals surface area (Å²) in [7, 11) is 0. The first kappa shape index (κ1) is 23.9. The van der Waals surface area contributed by atoms with Crippen LogP contribution in [0, 0.1) is 23.4 Å². The van der Waals surface area contributed by atoms with E-state index in [0.29, 0.717) is 18.8 Å². The number of hydrogen-bond donors (Lipinski definition) is 0. The quantitative estimate of drug-likeness (QED) is 0.333. The standard InChI is InChI=1S/C29H29F3O2/c1-3-19-5-11-22(12-6-19)24-14-16-27(29(32)28(24)31)34-18-20-7-9-21(10-8-20)23-13-15-26(33-4-2)25(30)17-23/h3,5-6,11-17,20-21H,1,4,7-10,18H2,2H3. The van der Waals surface area contributed by atoms with E-state index in [-0.39, 0.29) is 34.7 Å². The minimum absolute atomic E-state index is 0.0698. The molecule has 0 spiro atoms. The number of hydrogen-bond acceptors (Lipinski definition) is 2. The largest absolute Gasteiger partial charge is 0.491 e. The highest BCUT2D eigenvalue weighted by molar-refractivity contribution is 5.67. The molecule has 3 aromatic rings. The molecule has 3 aromatic carbocycles. The fraction of sp³-hybridized carbons (Fsp3) is 0.310. The molecule has 1 saturated carbocycles. The minimum atomic E-state index is -0.969. The lowest BCUT2D eigenvalue weighted by Crippen LogP contribution is -2.19. The Morgan fingerprint density at radius 3 is 2.21 bits per heavy atom. The van der Waals surface area contributed by atoms with Crippen LogP contribution in [0.2, 0.25) is 0 Å². The third-order valence-corrected chi connectivity index (χ3v) is 6.55. The van der Waals surface area contributed by atoms with E-state index in [2.05, 4.69) is 6.58 Å². The highest BCUT2D eigenvalue weighted by atomic mass is 19.2. The second-order valence-electron chi connectivity index (χ2n) is 8.72. The Kier molecular flexibility index (Phi) is 7.61. The molecule has 5 heteroatoms. The van der Waals surface area contributed by atoms with E-state index in [0.717, 1.165) is 36.8 Å². The summed E-state index contributed by atoms with van der Waals surface area (Å²) >= 11 is 0. The summed E-state index contributed by atoms with van der Waals surface area (Å²) in [4.78, 5) is 0. The van der Waals surface area contributed by atoms with Crippen molar-refractivity contribution in [3.05, 3.63) is 89.8 Å². The van der Waals surface area contributed by atoms with Gasteiger partial charge in [0.1, 0.15) is 0 Å². The molecule has 4 rings (SSSR count). The lowest BCUT2D eigenvalue weighted by Gasteiger charge is -2.29. The first-order valence-electron chi connectivity index (χ1n) is 11.8. The van der Waals surface area contributed by atoms with E-state index in [1.165, 1.54) is 6.07 Å². The summed E-state index contributed by atoms with van der Waals surface area (Å²) < 4.78 is 54.6. The van der Waals surface area contributed by atoms with Crippen molar-refractivity contribution in [1.82, 2.24) is 0 Å². The Balaban J connectivity index is 1.34. The van der Waals surface area contributed by atoms with Crippen molar-refractivity contribution in [3.8, 4) is 22.6 Å². The minimum Gasteiger partial charge on any atom is -0.491 e. The molecule has 0 amide bonds. The van der Waals surface area contributed by atoms with Crippen LogP contribution in [0.5, 0.6) is 11.5 Å². The molecule has 1 fully saturated rings. The van der Waals surface area contributed by atoms with Crippen molar-refractivity contribution in [2.24, 2.45) is 5.92 Å². The fourth-order valence-corrected chi connectivity index (χ4v) is 4.58. The van der Waals surface area contributed by atoms with Crippen LogP contribution in [-0.2, 0) is 0 Å². The Hall–Kier alpha value is -3.21. The molecule has 0 aliphatic heterocycles. The summed E-state index contributed by atoms with van der Waals surface area (Å²) in [5, 5.41) is 0. The van der Waals surface area contributed by atoms with E-state index in [9.17, 15) is 13.2 Å².